The van der Waals surface area contributed by atoms with Crippen LogP contribution in [-0.2, 0) is 0 Å². The van der Waals surface area contributed by atoms with Crippen LogP contribution in [0.2, 0.25) is 0 Å². The summed E-state index contributed by atoms with van der Waals surface area (Å²) >= 11 is 2.49. The molecule has 1 nitrogen and oxygen atoms in total. The Kier molecular flexibility index (Phi) is 4.04. The molecule has 0 amide bonds. The SMILES string of the molecule is C=C(I)[C@H]1CC[C@H]2[C@@H]3CC=C4CC(O)CC[C@]4(C)[C@H]3CC[C@]12C. The van der Waals surface area contributed by atoms with Gasteiger partial charge in [0, 0.05) is 0 Å². The zero-order valence-electron chi connectivity index (χ0n) is 14.7. The molecule has 0 aromatic rings. The first-order valence-corrected chi connectivity index (χ1v) is 10.7. The van der Waals surface area contributed by atoms with Crippen LogP contribution in [-0.4, -0.2) is 11.2 Å². The fourth-order valence-corrected chi connectivity index (χ4v) is 8.18. The van der Waals surface area contributed by atoms with Gasteiger partial charge in [-0.05, 0) is 112 Å². The van der Waals surface area contributed by atoms with Gasteiger partial charge in [-0.15, -0.1) is 0 Å². The highest BCUT2D eigenvalue weighted by molar-refractivity contribution is 14.1. The van der Waals surface area contributed by atoms with E-state index in [-0.39, 0.29) is 6.10 Å². The molecule has 4 aliphatic rings. The summed E-state index contributed by atoms with van der Waals surface area (Å²) in [7, 11) is 0. The van der Waals surface area contributed by atoms with Crippen LogP contribution in [0, 0.1) is 34.5 Å². The van der Waals surface area contributed by atoms with Crippen molar-refractivity contribution in [1.82, 2.24) is 0 Å². The van der Waals surface area contributed by atoms with Crippen molar-refractivity contribution >= 4 is 22.6 Å². The van der Waals surface area contributed by atoms with Crippen LogP contribution in [0.5, 0.6) is 0 Å². The topological polar surface area (TPSA) is 20.2 Å². The Bertz CT molecular complexity index is 552. The summed E-state index contributed by atoms with van der Waals surface area (Å²) in [6.07, 6.45) is 12.4. The highest BCUT2D eigenvalue weighted by Gasteiger charge is 2.58. The maximum Gasteiger partial charge on any atom is 0.0577 e. The predicted octanol–water partition coefficient (Wildman–Crippen LogP) is 5.88. The second-order valence-corrected chi connectivity index (χ2v) is 10.7. The quantitative estimate of drug-likeness (QED) is 0.411. The van der Waals surface area contributed by atoms with Crippen molar-refractivity contribution in [3.8, 4) is 0 Å². The lowest BCUT2D eigenvalue weighted by Crippen LogP contribution is -2.50. The minimum atomic E-state index is -0.0852. The van der Waals surface area contributed by atoms with Crippen LogP contribution >= 0.6 is 22.6 Å². The monoisotopic (exact) mass is 426 g/mol. The summed E-state index contributed by atoms with van der Waals surface area (Å²) in [5.41, 5.74) is 2.46. The smallest absolute Gasteiger partial charge is 0.0577 e. The average Bonchev–Trinajstić information content (AvgIpc) is 2.85. The first kappa shape index (κ1) is 16.6. The summed E-state index contributed by atoms with van der Waals surface area (Å²) in [5, 5.41) is 10.1. The lowest BCUT2D eigenvalue weighted by Gasteiger charge is -2.58. The third-order valence-electron chi connectivity index (χ3n) is 8.46. The van der Waals surface area contributed by atoms with E-state index in [1.165, 1.54) is 42.1 Å². The van der Waals surface area contributed by atoms with Gasteiger partial charge in [-0.2, -0.15) is 0 Å². The number of aliphatic hydroxyl groups is 1. The van der Waals surface area contributed by atoms with Crippen molar-refractivity contribution in [1.29, 1.82) is 0 Å². The summed E-state index contributed by atoms with van der Waals surface area (Å²) in [4.78, 5) is 0. The first-order valence-electron chi connectivity index (χ1n) is 9.58. The van der Waals surface area contributed by atoms with Crippen LogP contribution in [0.15, 0.2) is 21.8 Å². The standard InChI is InChI=1S/C21H31IO/c1-13(22)17-6-7-18-16-5-4-14-12-15(23)8-10-20(14,2)19(16)9-11-21(17,18)3/h4,15-19,23H,1,5-12H2,2-3H3/t15?,16-,17+,18-,19-,20-,21+/m0/s1. The summed E-state index contributed by atoms with van der Waals surface area (Å²) < 4.78 is 1.39. The normalized spacial score (nSPS) is 52.2. The number of fused-ring (bicyclic) bond motifs is 5. The number of halogens is 1. The molecule has 0 spiro atoms. The van der Waals surface area contributed by atoms with Crippen molar-refractivity contribution < 1.29 is 5.11 Å². The van der Waals surface area contributed by atoms with Crippen LogP contribution in [0.1, 0.15) is 65.2 Å². The van der Waals surface area contributed by atoms with Gasteiger partial charge < -0.3 is 5.11 Å². The molecule has 0 bridgehead atoms. The summed E-state index contributed by atoms with van der Waals surface area (Å²) in [6.45, 7) is 9.40. The molecule has 0 saturated heterocycles. The van der Waals surface area contributed by atoms with Gasteiger partial charge in [0.05, 0.1) is 6.10 Å². The molecule has 4 rings (SSSR count). The van der Waals surface area contributed by atoms with Crippen molar-refractivity contribution in [3.63, 3.8) is 0 Å². The second kappa shape index (κ2) is 5.59. The average molecular weight is 426 g/mol. The molecule has 7 atom stereocenters. The second-order valence-electron chi connectivity index (χ2n) is 9.28. The third-order valence-corrected chi connectivity index (χ3v) is 9.21. The molecule has 0 radical (unpaired) electrons. The zero-order valence-corrected chi connectivity index (χ0v) is 16.8. The molecule has 23 heavy (non-hydrogen) atoms. The van der Waals surface area contributed by atoms with Gasteiger partial charge in [0.25, 0.3) is 0 Å². The van der Waals surface area contributed by atoms with E-state index < -0.39 is 0 Å². The number of hydrogen-bond donors (Lipinski definition) is 1. The van der Waals surface area contributed by atoms with E-state index in [1.807, 2.05) is 0 Å². The molecule has 0 aromatic carbocycles. The van der Waals surface area contributed by atoms with Crippen LogP contribution in [0.4, 0.5) is 0 Å². The molecule has 0 heterocycles. The molecule has 1 unspecified atom stereocenters. The van der Waals surface area contributed by atoms with Crippen molar-refractivity contribution in [2.24, 2.45) is 34.5 Å². The van der Waals surface area contributed by atoms with Crippen LogP contribution in [0.3, 0.4) is 0 Å². The van der Waals surface area contributed by atoms with Gasteiger partial charge in [-0.25, -0.2) is 0 Å². The predicted molar refractivity (Wildman–Crippen MR) is 104 cm³/mol. The van der Waals surface area contributed by atoms with Crippen LogP contribution in [0.25, 0.3) is 0 Å². The third kappa shape index (κ3) is 2.33. The highest BCUT2D eigenvalue weighted by atomic mass is 127. The van der Waals surface area contributed by atoms with Crippen molar-refractivity contribution in [2.75, 3.05) is 0 Å². The van der Waals surface area contributed by atoms with Gasteiger partial charge in [-0.3, -0.25) is 0 Å². The highest BCUT2D eigenvalue weighted by Crippen LogP contribution is 2.67. The van der Waals surface area contributed by atoms with Crippen molar-refractivity contribution in [2.45, 2.75) is 71.3 Å². The lowest BCUT2D eigenvalue weighted by atomic mass is 9.47. The zero-order chi connectivity index (χ0) is 16.4. The summed E-state index contributed by atoms with van der Waals surface area (Å²) in [6, 6.07) is 0. The fourth-order valence-electron chi connectivity index (χ4n) is 7.16. The Morgan fingerprint density at radius 1 is 1.17 bits per heavy atom. The van der Waals surface area contributed by atoms with Gasteiger partial charge in [0.1, 0.15) is 0 Å². The Morgan fingerprint density at radius 2 is 1.96 bits per heavy atom. The first-order chi connectivity index (χ1) is 10.9. The molecule has 3 saturated carbocycles. The fraction of sp³-hybridized carbons (Fsp3) is 0.810. The van der Waals surface area contributed by atoms with E-state index in [4.69, 9.17) is 0 Å². The van der Waals surface area contributed by atoms with Crippen LogP contribution < -0.4 is 0 Å². The molecule has 4 aliphatic carbocycles. The Hall–Kier alpha value is 0.170. The minimum absolute atomic E-state index is 0.0852. The Labute approximate surface area is 155 Å². The number of allylic oxidation sites excluding steroid dienone is 2. The van der Waals surface area contributed by atoms with Gasteiger partial charge >= 0.3 is 0 Å². The Balaban J connectivity index is 1.66. The number of aliphatic hydroxyl groups excluding tert-OH is 1. The maximum absolute atomic E-state index is 10.1. The minimum Gasteiger partial charge on any atom is -0.393 e. The largest absolute Gasteiger partial charge is 0.393 e. The van der Waals surface area contributed by atoms with E-state index in [0.29, 0.717) is 10.8 Å². The molecule has 1 N–H and O–H groups in total. The molecule has 0 aliphatic heterocycles. The van der Waals surface area contributed by atoms with E-state index in [9.17, 15) is 5.11 Å². The molecular formula is C21H31IO. The lowest BCUT2D eigenvalue weighted by molar-refractivity contribution is -0.0443. The van der Waals surface area contributed by atoms with E-state index in [1.54, 1.807) is 5.57 Å². The maximum atomic E-state index is 10.1. The molecule has 2 heteroatoms. The van der Waals surface area contributed by atoms with Crippen molar-refractivity contribution in [3.05, 3.63) is 21.8 Å². The van der Waals surface area contributed by atoms with Gasteiger partial charge in [0.2, 0.25) is 0 Å². The van der Waals surface area contributed by atoms with E-state index in [0.717, 1.165) is 36.5 Å². The summed E-state index contributed by atoms with van der Waals surface area (Å²) in [5.74, 6) is 3.35. The molecule has 128 valence electrons. The molecule has 0 aromatic heterocycles. The molecule has 3 fully saturated rings. The molecular weight excluding hydrogens is 395 g/mol. The van der Waals surface area contributed by atoms with E-state index >= 15 is 0 Å². The number of hydrogen-bond acceptors (Lipinski definition) is 1. The number of rotatable bonds is 1. The Morgan fingerprint density at radius 3 is 2.70 bits per heavy atom. The van der Waals surface area contributed by atoms with Gasteiger partial charge in [0.15, 0.2) is 0 Å². The van der Waals surface area contributed by atoms with Gasteiger partial charge in [-0.1, -0.05) is 32.1 Å². The van der Waals surface area contributed by atoms with E-state index in [2.05, 4.69) is 49.1 Å².